The molecule has 0 aliphatic heterocycles. The van der Waals surface area contributed by atoms with Crippen LogP contribution in [0.4, 0.5) is 4.39 Å². The minimum absolute atomic E-state index is 0.0780. The van der Waals surface area contributed by atoms with Crippen molar-refractivity contribution in [3.8, 4) is 0 Å². The van der Waals surface area contributed by atoms with Gasteiger partial charge in [-0.15, -0.1) is 0 Å². The van der Waals surface area contributed by atoms with E-state index in [2.05, 4.69) is 10.5 Å². The van der Waals surface area contributed by atoms with E-state index in [9.17, 15) is 4.39 Å². The van der Waals surface area contributed by atoms with Crippen molar-refractivity contribution >= 4 is 5.84 Å². The molecule has 110 valence electrons. The third-order valence-electron chi connectivity index (χ3n) is 3.34. The number of hydrogen-bond acceptors (Lipinski definition) is 3. The van der Waals surface area contributed by atoms with Gasteiger partial charge in [0, 0.05) is 23.7 Å². The molecule has 0 spiro atoms. The first-order valence-corrected chi connectivity index (χ1v) is 6.66. The first kappa shape index (κ1) is 15.0. The number of amidine groups is 1. The molecule has 0 bridgehead atoms. The zero-order valence-corrected chi connectivity index (χ0v) is 11.8. The summed E-state index contributed by atoms with van der Waals surface area (Å²) in [5, 5.41) is 14.8. The molecule has 21 heavy (non-hydrogen) atoms. The van der Waals surface area contributed by atoms with Gasteiger partial charge < -0.3 is 16.3 Å². The standard InChI is InChI=1S/C16H18FN3O/c1-11(14-4-2-3-5-15(14)17)19-10-12-6-8-13(9-7-12)16(18)20-21/h2-9,11,19,21H,10H2,1H3,(H2,18,20)/t11-/m1/s1. The number of rotatable bonds is 5. The van der Waals surface area contributed by atoms with Crippen molar-refractivity contribution in [3.63, 3.8) is 0 Å². The maximum absolute atomic E-state index is 13.7. The van der Waals surface area contributed by atoms with Gasteiger partial charge in [0.2, 0.25) is 0 Å². The third kappa shape index (κ3) is 3.79. The monoisotopic (exact) mass is 287 g/mol. The van der Waals surface area contributed by atoms with Gasteiger partial charge >= 0.3 is 0 Å². The van der Waals surface area contributed by atoms with Crippen LogP contribution in [-0.2, 0) is 6.54 Å². The van der Waals surface area contributed by atoms with Gasteiger partial charge in [-0.2, -0.15) is 0 Å². The average molecular weight is 287 g/mol. The zero-order chi connectivity index (χ0) is 15.2. The number of nitrogens with zero attached hydrogens (tertiary/aromatic N) is 1. The fraction of sp³-hybridized carbons (Fsp3) is 0.188. The Labute approximate surface area is 123 Å². The Hall–Kier alpha value is -2.40. The summed E-state index contributed by atoms with van der Waals surface area (Å²) < 4.78 is 13.7. The van der Waals surface area contributed by atoms with E-state index in [4.69, 9.17) is 10.9 Å². The summed E-state index contributed by atoms with van der Waals surface area (Å²) in [4.78, 5) is 0. The lowest BCUT2D eigenvalue weighted by atomic mass is 10.1. The van der Waals surface area contributed by atoms with E-state index in [1.54, 1.807) is 24.3 Å². The van der Waals surface area contributed by atoms with E-state index in [0.29, 0.717) is 17.7 Å². The van der Waals surface area contributed by atoms with Crippen LogP contribution in [0.15, 0.2) is 53.7 Å². The molecular formula is C16H18FN3O. The minimum atomic E-state index is -0.209. The van der Waals surface area contributed by atoms with E-state index in [-0.39, 0.29) is 17.7 Å². The fourth-order valence-electron chi connectivity index (χ4n) is 2.06. The van der Waals surface area contributed by atoms with Gasteiger partial charge in [0.1, 0.15) is 5.82 Å². The molecule has 2 rings (SSSR count). The second-order valence-electron chi connectivity index (χ2n) is 4.81. The van der Waals surface area contributed by atoms with Gasteiger partial charge in [-0.3, -0.25) is 0 Å². The molecule has 0 fully saturated rings. The number of hydrogen-bond donors (Lipinski definition) is 3. The molecule has 0 aliphatic carbocycles. The smallest absolute Gasteiger partial charge is 0.170 e. The van der Waals surface area contributed by atoms with Crippen LogP contribution in [0.5, 0.6) is 0 Å². The van der Waals surface area contributed by atoms with Crippen LogP contribution in [-0.4, -0.2) is 11.0 Å². The lowest BCUT2D eigenvalue weighted by Gasteiger charge is -2.15. The normalized spacial score (nSPS) is 13.1. The molecular weight excluding hydrogens is 269 g/mol. The Kier molecular flexibility index (Phi) is 4.90. The van der Waals surface area contributed by atoms with Gasteiger partial charge in [-0.05, 0) is 18.6 Å². The predicted molar refractivity (Wildman–Crippen MR) is 80.6 cm³/mol. The molecule has 5 heteroatoms. The molecule has 4 nitrogen and oxygen atoms in total. The van der Waals surface area contributed by atoms with Crippen molar-refractivity contribution in [1.29, 1.82) is 0 Å². The summed E-state index contributed by atoms with van der Waals surface area (Å²) >= 11 is 0. The largest absolute Gasteiger partial charge is 0.409 e. The molecule has 2 aromatic rings. The fourth-order valence-corrected chi connectivity index (χ4v) is 2.06. The molecule has 0 saturated carbocycles. The van der Waals surface area contributed by atoms with E-state index in [1.165, 1.54) is 6.07 Å². The first-order valence-electron chi connectivity index (χ1n) is 6.66. The molecule has 0 aromatic heterocycles. The van der Waals surface area contributed by atoms with Crippen LogP contribution in [0.1, 0.15) is 29.7 Å². The highest BCUT2D eigenvalue weighted by Gasteiger charge is 2.09. The van der Waals surface area contributed by atoms with Gasteiger partial charge in [-0.1, -0.05) is 47.6 Å². The molecule has 0 saturated heterocycles. The van der Waals surface area contributed by atoms with Crippen LogP contribution in [0, 0.1) is 5.82 Å². The third-order valence-corrected chi connectivity index (χ3v) is 3.34. The predicted octanol–water partition coefficient (Wildman–Crippen LogP) is 2.77. The highest BCUT2D eigenvalue weighted by atomic mass is 19.1. The second kappa shape index (κ2) is 6.85. The molecule has 2 aromatic carbocycles. The second-order valence-corrected chi connectivity index (χ2v) is 4.81. The van der Waals surface area contributed by atoms with Gasteiger partial charge in [0.25, 0.3) is 0 Å². The highest BCUT2D eigenvalue weighted by Crippen LogP contribution is 2.16. The molecule has 0 unspecified atom stereocenters. The lowest BCUT2D eigenvalue weighted by molar-refractivity contribution is 0.318. The maximum Gasteiger partial charge on any atom is 0.170 e. The zero-order valence-electron chi connectivity index (χ0n) is 11.8. The molecule has 1 atom stereocenters. The molecule has 0 radical (unpaired) electrons. The Morgan fingerprint density at radius 1 is 1.24 bits per heavy atom. The quantitative estimate of drug-likeness (QED) is 0.343. The SMILES string of the molecule is C[C@@H](NCc1ccc(/C(N)=N/O)cc1)c1ccccc1F. The highest BCUT2D eigenvalue weighted by molar-refractivity contribution is 5.96. The average Bonchev–Trinajstić information content (AvgIpc) is 2.52. The van der Waals surface area contributed by atoms with Crippen molar-refractivity contribution in [3.05, 3.63) is 71.0 Å². The molecule has 0 aliphatic rings. The number of benzene rings is 2. The summed E-state index contributed by atoms with van der Waals surface area (Å²) in [6.07, 6.45) is 0. The topological polar surface area (TPSA) is 70.6 Å². The van der Waals surface area contributed by atoms with Crippen molar-refractivity contribution in [2.45, 2.75) is 19.5 Å². The summed E-state index contributed by atoms with van der Waals surface area (Å²) in [5.74, 6) is -0.131. The van der Waals surface area contributed by atoms with E-state index < -0.39 is 0 Å². The molecule has 4 N–H and O–H groups in total. The number of halogens is 1. The Balaban J connectivity index is 1.98. The van der Waals surface area contributed by atoms with Gasteiger partial charge in [-0.25, -0.2) is 4.39 Å². The van der Waals surface area contributed by atoms with E-state index >= 15 is 0 Å². The Morgan fingerprint density at radius 2 is 1.90 bits per heavy atom. The van der Waals surface area contributed by atoms with Crippen molar-refractivity contribution < 1.29 is 9.60 Å². The van der Waals surface area contributed by atoms with E-state index in [0.717, 1.165) is 5.56 Å². The summed E-state index contributed by atoms with van der Waals surface area (Å²) in [6.45, 7) is 2.52. The number of nitrogens with one attached hydrogen (secondary N) is 1. The van der Waals surface area contributed by atoms with Gasteiger partial charge in [0.05, 0.1) is 0 Å². The summed E-state index contributed by atoms with van der Waals surface area (Å²) in [5.41, 5.74) is 7.84. The number of oxime groups is 1. The van der Waals surface area contributed by atoms with Crippen molar-refractivity contribution in [1.82, 2.24) is 5.32 Å². The van der Waals surface area contributed by atoms with Crippen LogP contribution in [0.2, 0.25) is 0 Å². The van der Waals surface area contributed by atoms with Crippen LogP contribution >= 0.6 is 0 Å². The Morgan fingerprint density at radius 3 is 2.52 bits per heavy atom. The van der Waals surface area contributed by atoms with Crippen LogP contribution in [0.3, 0.4) is 0 Å². The van der Waals surface area contributed by atoms with Crippen molar-refractivity contribution in [2.75, 3.05) is 0 Å². The van der Waals surface area contributed by atoms with Crippen LogP contribution < -0.4 is 11.1 Å². The Bertz CT molecular complexity index is 626. The van der Waals surface area contributed by atoms with Crippen molar-refractivity contribution in [2.24, 2.45) is 10.9 Å². The molecule has 0 heterocycles. The van der Waals surface area contributed by atoms with E-state index in [1.807, 2.05) is 25.1 Å². The molecule has 0 amide bonds. The maximum atomic E-state index is 13.7. The summed E-state index contributed by atoms with van der Waals surface area (Å²) in [6, 6.07) is 14.0. The van der Waals surface area contributed by atoms with Crippen LogP contribution in [0.25, 0.3) is 0 Å². The number of nitrogens with two attached hydrogens (primary N) is 1. The minimum Gasteiger partial charge on any atom is -0.409 e. The van der Waals surface area contributed by atoms with Gasteiger partial charge in [0.15, 0.2) is 5.84 Å². The summed E-state index contributed by atoms with van der Waals surface area (Å²) in [7, 11) is 0. The lowest BCUT2D eigenvalue weighted by Crippen LogP contribution is -2.19. The first-order chi connectivity index (χ1) is 10.1.